The van der Waals surface area contributed by atoms with Gasteiger partial charge in [0, 0.05) is 18.7 Å². The predicted molar refractivity (Wildman–Crippen MR) is 102 cm³/mol. The maximum atomic E-state index is 13.3. The summed E-state index contributed by atoms with van der Waals surface area (Å²) in [4.78, 5) is 43.2. The van der Waals surface area contributed by atoms with Crippen LogP contribution in [0.1, 0.15) is 35.3 Å². The van der Waals surface area contributed by atoms with Crippen LogP contribution in [0, 0.1) is 12.8 Å². The second-order valence-electron chi connectivity index (χ2n) is 7.10. The highest BCUT2D eigenvalue weighted by Gasteiger charge is 2.56. The van der Waals surface area contributed by atoms with Crippen LogP contribution in [0.2, 0.25) is 0 Å². The van der Waals surface area contributed by atoms with Crippen LogP contribution < -0.4 is 11.1 Å². The summed E-state index contributed by atoms with van der Waals surface area (Å²) in [7, 11) is 0. The number of aryl methyl sites for hydroxylation is 1. The number of rotatable bonds is 4. The first-order chi connectivity index (χ1) is 12.8. The number of fused-ring (bicyclic) bond motifs is 1. The van der Waals surface area contributed by atoms with Crippen molar-refractivity contribution >= 4 is 34.7 Å². The van der Waals surface area contributed by atoms with Crippen molar-refractivity contribution in [1.29, 1.82) is 0 Å². The molecule has 3 atom stereocenters. The van der Waals surface area contributed by atoms with Crippen LogP contribution in [0.15, 0.2) is 24.3 Å². The minimum absolute atomic E-state index is 0.0931. The van der Waals surface area contributed by atoms with E-state index in [2.05, 4.69) is 10.3 Å². The van der Waals surface area contributed by atoms with E-state index in [1.807, 2.05) is 25.1 Å². The fourth-order valence-electron chi connectivity index (χ4n) is 3.83. The van der Waals surface area contributed by atoms with Crippen molar-refractivity contribution in [3.8, 4) is 10.4 Å². The van der Waals surface area contributed by atoms with E-state index in [9.17, 15) is 14.4 Å². The highest BCUT2D eigenvalue weighted by atomic mass is 32.1. The molecule has 1 aromatic carbocycles. The lowest BCUT2D eigenvalue weighted by molar-refractivity contribution is -0.122. The SMILES string of the molecule is CC(=O)Nc1cccc(-c2sc(C)nc2C(=O)N2[C@H](C(N)=O)C[C@@H]3C[C@@H]32)c1. The monoisotopic (exact) mass is 384 g/mol. The molecule has 1 aliphatic heterocycles. The molecule has 0 spiro atoms. The van der Waals surface area contributed by atoms with Crippen molar-refractivity contribution in [2.75, 3.05) is 5.32 Å². The standard InChI is InChI=1S/C19H20N4O3S/c1-9(24)21-13-5-3-4-11(6-13)17-16(22-10(2)27-17)19(26)23-14-7-12(14)8-15(23)18(20)25/h3-6,12,14-15H,7-8H2,1-2H3,(H2,20,25)(H,21,24)/t12-,14-,15-/m0/s1. The summed E-state index contributed by atoms with van der Waals surface area (Å²) in [6.45, 7) is 3.29. The molecule has 1 saturated carbocycles. The van der Waals surface area contributed by atoms with E-state index in [1.54, 1.807) is 11.0 Å². The van der Waals surface area contributed by atoms with Gasteiger partial charge in [-0.2, -0.15) is 0 Å². The van der Waals surface area contributed by atoms with Gasteiger partial charge in [0.05, 0.1) is 9.88 Å². The quantitative estimate of drug-likeness (QED) is 0.842. The Hall–Kier alpha value is -2.74. The molecular weight excluding hydrogens is 364 g/mol. The first-order valence-corrected chi connectivity index (χ1v) is 9.64. The Morgan fingerprint density at radius 1 is 1.30 bits per heavy atom. The van der Waals surface area contributed by atoms with Crippen LogP contribution in [0.5, 0.6) is 0 Å². The van der Waals surface area contributed by atoms with E-state index in [0.29, 0.717) is 23.7 Å². The van der Waals surface area contributed by atoms with Gasteiger partial charge in [0.15, 0.2) is 0 Å². The fourth-order valence-corrected chi connectivity index (χ4v) is 4.74. The van der Waals surface area contributed by atoms with Crippen molar-refractivity contribution in [2.24, 2.45) is 11.7 Å². The number of thiazole rings is 1. The molecule has 2 heterocycles. The number of benzene rings is 1. The van der Waals surface area contributed by atoms with E-state index in [1.165, 1.54) is 18.3 Å². The third kappa shape index (κ3) is 3.21. The summed E-state index contributed by atoms with van der Waals surface area (Å²) in [6, 6.07) is 6.85. The molecule has 0 bridgehead atoms. The second kappa shape index (κ2) is 6.45. The first-order valence-electron chi connectivity index (χ1n) is 8.82. The molecule has 2 aliphatic rings. The minimum atomic E-state index is -0.554. The number of nitrogens with two attached hydrogens (primary N) is 1. The zero-order valence-corrected chi connectivity index (χ0v) is 15.9. The molecule has 2 aromatic rings. The predicted octanol–water partition coefficient (Wildman–Crippen LogP) is 2.17. The maximum absolute atomic E-state index is 13.3. The molecule has 2 fully saturated rings. The number of primary amides is 1. The Morgan fingerprint density at radius 2 is 2.07 bits per heavy atom. The number of nitrogens with zero attached hydrogens (tertiary/aromatic N) is 2. The van der Waals surface area contributed by atoms with Gasteiger partial charge >= 0.3 is 0 Å². The van der Waals surface area contributed by atoms with Gasteiger partial charge in [-0.25, -0.2) is 4.98 Å². The molecule has 0 radical (unpaired) electrons. The van der Waals surface area contributed by atoms with E-state index < -0.39 is 11.9 Å². The van der Waals surface area contributed by atoms with Gasteiger partial charge in [-0.1, -0.05) is 12.1 Å². The van der Waals surface area contributed by atoms with Crippen LogP contribution in [0.4, 0.5) is 5.69 Å². The van der Waals surface area contributed by atoms with Crippen LogP contribution in [0.3, 0.4) is 0 Å². The molecule has 8 heteroatoms. The van der Waals surface area contributed by atoms with E-state index in [0.717, 1.165) is 21.9 Å². The van der Waals surface area contributed by atoms with Gasteiger partial charge in [-0.3, -0.25) is 14.4 Å². The van der Waals surface area contributed by atoms with Crippen molar-refractivity contribution in [3.63, 3.8) is 0 Å². The lowest BCUT2D eigenvalue weighted by Gasteiger charge is -2.24. The molecule has 27 heavy (non-hydrogen) atoms. The molecule has 1 aliphatic carbocycles. The molecular formula is C19H20N4O3S. The third-order valence-electron chi connectivity index (χ3n) is 5.05. The van der Waals surface area contributed by atoms with Gasteiger partial charge in [0.2, 0.25) is 11.8 Å². The number of amides is 3. The Labute approximate surface area is 160 Å². The number of hydrogen-bond acceptors (Lipinski definition) is 5. The Balaban J connectivity index is 1.70. The molecule has 3 amide bonds. The number of hydrogen-bond donors (Lipinski definition) is 2. The van der Waals surface area contributed by atoms with Gasteiger partial charge in [-0.05, 0) is 43.4 Å². The van der Waals surface area contributed by atoms with Crippen molar-refractivity contribution in [3.05, 3.63) is 35.0 Å². The highest BCUT2D eigenvalue weighted by molar-refractivity contribution is 7.15. The number of likely N-dealkylation sites (tertiary alicyclic amines) is 1. The number of piperidine rings is 1. The zero-order valence-electron chi connectivity index (χ0n) is 15.1. The van der Waals surface area contributed by atoms with E-state index >= 15 is 0 Å². The molecule has 140 valence electrons. The lowest BCUT2D eigenvalue weighted by Crippen LogP contribution is -2.46. The summed E-state index contributed by atoms with van der Waals surface area (Å²) in [6.07, 6.45) is 1.56. The van der Waals surface area contributed by atoms with Crippen LogP contribution in [0.25, 0.3) is 10.4 Å². The second-order valence-corrected chi connectivity index (χ2v) is 8.31. The summed E-state index contributed by atoms with van der Waals surface area (Å²) in [5.74, 6) is -0.493. The summed E-state index contributed by atoms with van der Waals surface area (Å²) in [5.41, 5.74) is 7.32. The zero-order chi connectivity index (χ0) is 19.3. The summed E-state index contributed by atoms with van der Waals surface area (Å²) < 4.78 is 0. The lowest BCUT2D eigenvalue weighted by atomic mass is 10.1. The van der Waals surface area contributed by atoms with Gasteiger partial charge < -0.3 is 16.0 Å². The molecule has 1 saturated heterocycles. The Morgan fingerprint density at radius 3 is 2.78 bits per heavy atom. The summed E-state index contributed by atoms with van der Waals surface area (Å²) in [5, 5.41) is 3.51. The smallest absolute Gasteiger partial charge is 0.274 e. The molecule has 0 unspecified atom stereocenters. The van der Waals surface area contributed by atoms with Gasteiger partial charge in [0.1, 0.15) is 11.7 Å². The summed E-state index contributed by atoms with van der Waals surface area (Å²) >= 11 is 1.42. The van der Waals surface area contributed by atoms with Crippen LogP contribution >= 0.6 is 11.3 Å². The first kappa shape index (κ1) is 17.7. The van der Waals surface area contributed by atoms with Crippen LogP contribution in [-0.2, 0) is 9.59 Å². The van der Waals surface area contributed by atoms with Crippen LogP contribution in [-0.4, -0.2) is 39.7 Å². The van der Waals surface area contributed by atoms with Gasteiger partial charge in [0.25, 0.3) is 5.91 Å². The Bertz CT molecular complexity index is 954. The highest BCUT2D eigenvalue weighted by Crippen LogP contribution is 2.48. The normalized spacial score (nSPS) is 23.0. The molecule has 3 N–H and O–H groups in total. The molecule has 4 rings (SSSR count). The largest absolute Gasteiger partial charge is 0.368 e. The average molecular weight is 384 g/mol. The number of aromatic nitrogens is 1. The van der Waals surface area contributed by atoms with E-state index in [-0.39, 0.29) is 17.9 Å². The van der Waals surface area contributed by atoms with Gasteiger partial charge in [-0.15, -0.1) is 11.3 Å². The van der Waals surface area contributed by atoms with E-state index in [4.69, 9.17) is 5.73 Å². The molecule has 7 nitrogen and oxygen atoms in total. The number of carbonyl (C=O) groups excluding carboxylic acids is 3. The van der Waals surface area contributed by atoms with Crippen molar-refractivity contribution < 1.29 is 14.4 Å². The minimum Gasteiger partial charge on any atom is -0.368 e. The third-order valence-corrected chi connectivity index (χ3v) is 6.07. The topological polar surface area (TPSA) is 105 Å². The Kier molecular flexibility index (Phi) is 4.22. The fraction of sp³-hybridized carbons (Fsp3) is 0.368. The molecule has 1 aromatic heterocycles. The van der Waals surface area contributed by atoms with Crippen molar-refractivity contribution in [2.45, 2.75) is 38.8 Å². The average Bonchev–Trinajstić information content (AvgIpc) is 3.09. The number of nitrogens with one attached hydrogen (secondary N) is 1. The maximum Gasteiger partial charge on any atom is 0.274 e. The number of anilines is 1. The number of carbonyl (C=O) groups is 3. The van der Waals surface area contributed by atoms with Crippen molar-refractivity contribution in [1.82, 2.24) is 9.88 Å².